The third-order valence-electron chi connectivity index (χ3n) is 17.1. The van der Waals surface area contributed by atoms with Crippen molar-refractivity contribution in [2.45, 2.75) is 354 Å². The van der Waals surface area contributed by atoms with Crippen LogP contribution in [0, 0.1) is 0 Å². The molecule has 0 radical (unpaired) electrons. The van der Waals surface area contributed by atoms with Crippen molar-refractivity contribution in [3.05, 3.63) is 134 Å². The molecule has 0 amide bonds. The maximum atomic E-state index is 13.1. The second-order valence-corrected chi connectivity index (χ2v) is 30.2. The van der Waals surface area contributed by atoms with Gasteiger partial charge in [-0.15, -0.1) is 0 Å². The van der Waals surface area contributed by atoms with Crippen LogP contribution in [0.25, 0.3) is 0 Å². The van der Waals surface area contributed by atoms with Crippen LogP contribution in [0.15, 0.2) is 134 Å². The Hall–Kier alpha value is -4.80. The normalized spacial score (nSPS) is 14.5. The largest absolute Gasteiger partial charge is 0.472 e. The molecular formula is C87H148O17P2. The molecular weight excluding hydrogens is 1380 g/mol. The van der Waals surface area contributed by atoms with Gasteiger partial charge < -0.3 is 33.8 Å². The van der Waals surface area contributed by atoms with Crippen molar-refractivity contribution >= 4 is 39.5 Å². The van der Waals surface area contributed by atoms with Crippen LogP contribution in [-0.2, 0) is 65.4 Å². The molecule has 608 valence electrons. The summed E-state index contributed by atoms with van der Waals surface area (Å²) in [6, 6.07) is 0. The molecule has 0 aromatic rings. The molecule has 0 rings (SSSR count). The Balaban J connectivity index is 5.45. The smallest absolute Gasteiger partial charge is 0.462 e. The predicted octanol–water partition coefficient (Wildman–Crippen LogP) is 24.4. The molecule has 17 nitrogen and oxygen atoms in total. The van der Waals surface area contributed by atoms with Gasteiger partial charge in [0.2, 0.25) is 0 Å². The number of unbranched alkanes of at least 4 members (excludes halogenated alkanes) is 29. The van der Waals surface area contributed by atoms with Crippen molar-refractivity contribution in [2.24, 2.45) is 0 Å². The second-order valence-electron chi connectivity index (χ2n) is 27.3. The molecule has 19 heteroatoms. The van der Waals surface area contributed by atoms with Crippen LogP contribution in [0.5, 0.6) is 0 Å². The lowest BCUT2D eigenvalue weighted by Gasteiger charge is -2.21. The lowest BCUT2D eigenvalue weighted by Crippen LogP contribution is -2.30. The van der Waals surface area contributed by atoms with Gasteiger partial charge in [-0.25, -0.2) is 9.13 Å². The Kier molecular flexibility index (Phi) is 74.8. The lowest BCUT2D eigenvalue weighted by atomic mass is 10.0. The van der Waals surface area contributed by atoms with Gasteiger partial charge in [0.15, 0.2) is 12.2 Å². The molecule has 0 spiro atoms. The second kappa shape index (κ2) is 78.3. The molecule has 0 saturated heterocycles. The summed E-state index contributed by atoms with van der Waals surface area (Å²) in [7, 11) is -10.00. The number of esters is 4. The molecule has 0 bridgehead atoms. The topological polar surface area (TPSA) is 237 Å². The molecule has 0 aliphatic carbocycles. The first-order chi connectivity index (χ1) is 51.7. The highest BCUT2D eigenvalue weighted by Crippen LogP contribution is 2.45. The van der Waals surface area contributed by atoms with E-state index in [4.69, 9.17) is 37.0 Å². The van der Waals surface area contributed by atoms with Gasteiger partial charge in [-0.3, -0.25) is 37.3 Å². The van der Waals surface area contributed by atoms with E-state index < -0.39 is 97.5 Å². The van der Waals surface area contributed by atoms with E-state index in [-0.39, 0.29) is 25.7 Å². The number of aliphatic hydroxyl groups excluding tert-OH is 1. The Morgan fingerprint density at radius 2 is 0.509 bits per heavy atom. The Bertz CT molecular complexity index is 2530. The van der Waals surface area contributed by atoms with Gasteiger partial charge in [-0.2, -0.15) is 0 Å². The number of carbonyl (C=O) groups excluding carboxylic acids is 4. The van der Waals surface area contributed by atoms with Gasteiger partial charge in [-0.1, -0.05) is 309 Å². The van der Waals surface area contributed by atoms with Gasteiger partial charge in [-0.05, 0) is 135 Å². The van der Waals surface area contributed by atoms with Crippen molar-refractivity contribution < 1.29 is 80.2 Å². The zero-order chi connectivity index (χ0) is 77.4. The van der Waals surface area contributed by atoms with Crippen LogP contribution in [0.2, 0.25) is 0 Å². The average Bonchev–Trinajstić information content (AvgIpc) is 0.899. The highest BCUT2D eigenvalue weighted by molar-refractivity contribution is 7.47. The first-order valence-corrected chi connectivity index (χ1v) is 44.4. The van der Waals surface area contributed by atoms with E-state index in [2.05, 4.69) is 143 Å². The van der Waals surface area contributed by atoms with Crippen molar-refractivity contribution in [2.75, 3.05) is 39.6 Å². The molecule has 2 unspecified atom stereocenters. The van der Waals surface area contributed by atoms with E-state index in [0.717, 1.165) is 141 Å². The fourth-order valence-electron chi connectivity index (χ4n) is 10.8. The lowest BCUT2D eigenvalue weighted by molar-refractivity contribution is -0.161. The number of rotatable bonds is 77. The molecule has 0 fully saturated rings. The summed E-state index contributed by atoms with van der Waals surface area (Å²) in [5, 5.41) is 10.7. The first-order valence-electron chi connectivity index (χ1n) is 41.4. The van der Waals surface area contributed by atoms with E-state index >= 15 is 0 Å². The summed E-state index contributed by atoms with van der Waals surface area (Å²) in [5.41, 5.74) is 0. The minimum absolute atomic E-state index is 0.0295. The minimum atomic E-state index is -5.00. The summed E-state index contributed by atoms with van der Waals surface area (Å²) in [6.45, 7) is 4.62. The van der Waals surface area contributed by atoms with Crippen LogP contribution in [0.1, 0.15) is 336 Å². The van der Waals surface area contributed by atoms with E-state index in [1.165, 1.54) is 109 Å². The number of carbonyl (C=O) groups is 4. The molecule has 0 aliphatic heterocycles. The van der Waals surface area contributed by atoms with Crippen molar-refractivity contribution in [1.82, 2.24) is 0 Å². The van der Waals surface area contributed by atoms with E-state index in [1.807, 2.05) is 18.2 Å². The molecule has 5 atom stereocenters. The van der Waals surface area contributed by atoms with E-state index in [9.17, 15) is 43.2 Å². The van der Waals surface area contributed by atoms with Crippen LogP contribution in [-0.4, -0.2) is 96.7 Å². The summed E-state index contributed by atoms with van der Waals surface area (Å²) < 4.78 is 68.6. The van der Waals surface area contributed by atoms with Crippen molar-refractivity contribution in [3.63, 3.8) is 0 Å². The number of hydrogen-bond acceptors (Lipinski definition) is 15. The van der Waals surface area contributed by atoms with Crippen LogP contribution in [0.4, 0.5) is 0 Å². The molecule has 0 aromatic heterocycles. The van der Waals surface area contributed by atoms with Crippen LogP contribution < -0.4 is 0 Å². The van der Waals surface area contributed by atoms with Gasteiger partial charge in [0.05, 0.1) is 26.4 Å². The number of phosphoric ester groups is 2. The quantitative estimate of drug-likeness (QED) is 0.0169. The summed E-state index contributed by atoms with van der Waals surface area (Å²) in [5.74, 6) is -2.31. The Labute approximate surface area is 644 Å². The van der Waals surface area contributed by atoms with Gasteiger partial charge in [0.25, 0.3) is 0 Å². The zero-order valence-electron chi connectivity index (χ0n) is 66.6. The summed E-state index contributed by atoms with van der Waals surface area (Å²) in [4.78, 5) is 73.1. The molecule has 3 N–H and O–H groups in total. The number of aliphatic hydroxyl groups is 1. The standard InChI is InChI=1S/C87H148O17P2/c1-5-9-13-17-21-25-29-33-36-38-40-42-45-49-52-56-60-64-68-72-85(90)98-77-82(103-86(91)73-69-65-61-57-53-47-32-28-24-20-16-12-8-4)79-101-105(93,94)99-75-81(88)76-100-106(95,96)102-80-83(78-97-84(89)71-67-63-59-55-51-48-44-35-31-27-23-19-15-11-7-3)104-87(92)74-70-66-62-58-54-50-46-43-41-39-37-34-30-26-22-18-14-10-6-2/h9,13,21-22,25-26,28,32-34,36-37,40-43,49-50,52,54,62,66,81-83,88H,5-8,10-12,14-20,23-24,27,29-31,35,38-39,44-48,51,53,55-61,63-65,67-80H2,1-4H3,(H,93,94)(H,95,96)/b13-9-,25-21-,26-22-,32-28-,36-33-,37-34-,42-40-,43-41-,52-49-,54-50-,66-62-/t81-,82-,83-/m1/s1. The SMILES string of the molecule is CC/C=C\C/C=C\C/C=C\C/C=C\C/C=C\CCCCCC(=O)OC[C@H](COP(=O)(O)OC[C@@H](O)COP(=O)(O)OC[C@@H](COC(=O)CCCCCCCCCCCCCCCCC)OC(=O)CC/C=C\C/C=C\C/C=C\C/C=C\C/C=C\CCCCC)OC(=O)CCCCCCC/C=C\CCCCCC. The Morgan fingerprint density at radius 3 is 0.858 bits per heavy atom. The molecule has 0 saturated carbocycles. The van der Waals surface area contributed by atoms with Gasteiger partial charge >= 0.3 is 39.5 Å². The summed E-state index contributed by atoms with van der Waals surface area (Å²) in [6.07, 6.45) is 88.7. The fourth-order valence-corrected chi connectivity index (χ4v) is 12.4. The highest BCUT2D eigenvalue weighted by atomic mass is 31.2. The number of phosphoric acid groups is 2. The van der Waals surface area contributed by atoms with Gasteiger partial charge in [0, 0.05) is 25.7 Å². The van der Waals surface area contributed by atoms with Gasteiger partial charge in [0.1, 0.15) is 19.3 Å². The van der Waals surface area contributed by atoms with Crippen molar-refractivity contribution in [3.8, 4) is 0 Å². The summed E-state index contributed by atoms with van der Waals surface area (Å²) >= 11 is 0. The zero-order valence-corrected chi connectivity index (χ0v) is 68.4. The number of allylic oxidation sites excluding steroid dienone is 22. The third kappa shape index (κ3) is 77.4. The van der Waals surface area contributed by atoms with Crippen molar-refractivity contribution in [1.29, 1.82) is 0 Å². The molecule has 0 heterocycles. The molecule has 0 aromatic carbocycles. The highest BCUT2D eigenvalue weighted by Gasteiger charge is 2.30. The number of ether oxygens (including phenoxy) is 4. The average molecular weight is 1530 g/mol. The maximum absolute atomic E-state index is 13.1. The predicted molar refractivity (Wildman–Crippen MR) is 436 cm³/mol. The van der Waals surface area contributed by atoms with Crippen LogP contribution >= 0.6 is 15.6 Å². The minimum Gasteiger partial charge on any atom is -0.462 e. The van der Waals surface area contributed by atoms with Crippen LogP contribution in [0.3, 0.4) is 0 Å². The molecule has 106 heavy (non-hydrogen) atoms. The van der Waals surface area contributed by atoms with E-state index in [0.29, 0.717) is 32.1 Å². The van der Waals surface area contributed by atoms with E-state index in [1.54, 1.807) is 0 Å². The molecule has 0 aliphatic rings. The fraction of sp³-hybridized carbons (Fsp3) is 0.701. The maximum Gasteiger partial charge on any atom is 0.472 e. The first kappa shape index (κ1) is 101. The monoisotopic (exact) mass is 1530 g/mol. The third-order valence-corrected chi connectivity index (χ3v) is 19.0. The Morgan fingerprint density at radius 1 is 0.274 bits per heavy atom. The number of hydrogen-bond donors (Lipinski definition) is 3.